The van der Waals surface area contributed by atoms with Crippen LogP contribution in [0.15, 0.2) is 30.5 Å². The zero-order chi connectivity index (χ0) is 24.3. The van der Waals surface area contributed by atoms with E-state index in [9.17, 15) is 31.5 Å². The first-order valence-electron chi connectivity index (χ1n) is 9.09. The van der Waals surface area contributed by atoms with Crippen LogP contribution >= 0.6 is 0 Å². The zero-order valence-electron chi connectivity index (χ0n) is 16.9. The van der Waals surface area contributed by atoms with Crippen molar-refractivity contribution in [3.8, 4) is 22.5 Å². The summed E-state index contributed by atoms with van der Waals surface area (Å²) in [5, 5.41) is 13.5. The molecular weight excluding hydrogens is 455 g/mol. The number of pyridine rings is 1. The van der Waals surface area contributed by atoms with Crippen LogP contribution in [-0.4, -0.2) is 43.3 Å². The first-order valence-corrected chi connectivity index (χ1v) is 9.09. The Balaban J connectivity index is 1.79. The normalized spacial score (nSPS) is 12.2. The van der Waals surface area contributed by atoms with Crippen molar-refractivity contribution >= 4 is 11.9 Å². The second kappa shape index (κ2) is 9.13. The largest absolute Gasteiger partial charge is 0.472 e. The fraction of sp³-hybridized carbons (Fsp3) is 0.222. The van der Waals surface area contributed by atoms with E-state index in [1.807, 2.05) is 0 Å². The monoisotopic (exact) mass is 470 g/mol. The number of amides is 3. The maximum Gasteiger partial charge on any atom is 0.472 e. The van der Waals surface area contributed by atoms with Crippen molar-refractivity contribution in [1.82, 2.24) is 41.4 Å². The van der Waals surface area contributed by atoms with E-state index in [0.29, 0.717) is 0 Å². The highest BCUT2D eigenvalue weighted by atomic mass is 19.4. The number of hydrogen-bond acceptors (Lipinski definition) is 6. The van der Waals surface area contributed by atoms with Gasteiger partial charge in [0.25, 0.3) is 0 Å². The van der Waals surface area contributed by atoms with Crippen LogP contribution in [0.5, 0.6) is 0 Å². The molecule has 3 rings (SSSR count). The predicted octanol–water partition coefficient (Wildman–Crippen LogP) is 2.17. The Labute approximate surface area is 182 Å². The van der Waals surface area contributed by atoms with Crippen LogP contribution in [0.25, 0.3) is 22.5 Å². The molecule has 1 aromatic carbocycles. The smallest absolute Gasteiger partial charge is 0.329 e. The molecule has 0 spiro atoms. The first-order chi connectivity index (χ1) is 15.5. The van der Waals surface area contributed by atoms with Gasteiger partial charge in [-0.15, -0.1) is 10.2 Å². The molecule has 0 unspecified atom stereocenters. The summed E-state index contributed by atoms with van der Waals surface area (Å²) >= 11 is 0. The average molecular weight is 470 g/mol. The Hall–Kier alpha value is -4.17. The molecule has 15 heteroatoms. The number of aryl methyl sites for hydroxylation is 1. The van der Waals surface area contributed by atoms with Crippen molar-refractivity contribution in [1.29, 1.82) is 0 Å². The number of alkyl halides is 3. The van der Waals surface area contributed by atoms with E-state index >= 15 is 0 Å². The average Bonchev–Trinajstić information content (AvgIpc) is 3.16. The van der Waals surface area contributed by atoms with Gasteiger partial charge in [-0.2, -0.15) is 18.0 Å². The molecule has 0 saturated carbocycles. The molecule has 1 atom stereocenters. The highest BCUT2D eigenvalue weighted by Gasteiger charge is 2.39. The number of halogens is 5. The second-order valence-corrected chi connectivity index (χ2v) is 6.63. The lowest BCUT2D eigenvalue weighted by molar-refractivity contribution is -0.174. The predicted molar refractivity (Wildman–Crippen MR) is 102 cm³/mol. The number of hydrazine groups is 1. The molecule has 10 nitrogen and oxygen atoms in total. The molecule has 174 valence electrons. The summed E-state index contributed by atoms with van der Waals surface area (Å²) in [6, 6.07) is 2.79. The minimum Gasteiger partial charge on any atom is -0.329 e. The number of hydrogen-bond donors (Lipinski definition) is 3. The van der Waals surface area contributed by atoms with Gasteiger partial charge in [0.05, 0.1) is 24.3 Å². The van der Waals surface area contributed by atoms with Gasteiger partial charge < -0.3 is 5.32 Å². The Kier molecular flexibility index (Phi) is 6.50. The van der Waals surface area contributed by atoms with Gasteiger partial charge >= 0.3 is 18.1 Å². The molecule has 33 heavy (non-hydrogen) atoms. The molecule has 0 fully saturated rings. The molecule has 2 aromatic heterocycles. The zero-order valence-corrected chi connectivity index (χ0v) is 16.9. The highest BCUT2D eigenvalue weighted by Crippen LogP contribution is 2.33. The lowest BCUT2D eigenvalue weighted by atomic mass is 9.99. The van der Waals surface area contributed by atoms with Crippen molar-refractivity contribution in [3.63, 3.8) is 0 Å². The molecule has 3 N–H and O–H groups in total. The summed E-state index contributed by atoms with van der Waals surface area (Å²) in [6.45, 7) is 1.31. The van der Waals surface area contributed by atoms with Crippen molar-refractivity contribution in [2.75, 3.05) is 0 Å². The molecular formula is C18H15F5N8O2. The lowest BCUT2D eigenvalue weighted by Gasteiger charge is -2.16. The summed E-state index contributed by atoms with van der Waals surface area (Å²) in [7, 11) is 1.49. The molecule has 3 amide bonds. The van der Waals surface area contributed by atoms with Crippen LogP contribution in [0.4, 0.5) is 26.7 Å². The summed E-state index contributed by atoms with van der Waals surface area (Å²) < 4.78 is 65.7. The fourth-order valence-electron chi connectivity index (χ4n) is 2.78. The first kappa shape index (κ1) is 23.5. The minimum atomic E-state index is -5.20. The Bertz CT molecular complexity index is 1200. The fourth-order valence-corrected chi connectivity index (χ4v) is 2.78. The SMILES string of the molecule is C[C@@H](NC(=O)NNC(=O)C(F)(F)F)c1ncc(-c2cccc(F)c2-c2nnn(C)n2)cc1F. The number of aromatic nitrogens is 5. The summed E-state index contributed by atoms with van der Waals surface area (Å²) in [4.78, 5) is 27.5. The second-order valence-electron chi connectivity index (χ2n) is 6.63. The number of benzene rings is 1. The van der Waals surface area contributed by atoms with E-state index in [1.165, 1.54) is 43.8 Å². The molecule has 0 aliphatic rings. The molecule has 0 saturated heterocycles. The third kappa shape index (κ3) is 5.36. The van der Waals surface area contributed by atoms with Crippen molar-refractivity contribution in [2.24, 2.45) is 7.05 Å². The highest BCUT2D eigenvalue weighted by molar-refractivity contribution is 5.85. The van der Waals surface area contributed by atoms with Crippen LogP contribution in [0.3, 0.4) is 0 Å². The van der Waals surface area contributed by atoms with Crippen molar-refractivity contribution in [3.05, 3.63) is 47.8 Å². The molecule has 0 bridgehead atoms. The summed E-state index contributed by atoms with van der Waals surface area (Å²) in [5.41, 5.74) is 2.78. The van der Waals surface area contributed by atoms with Crippen LogP contribution in [0.2, 0.25) is 0 Å². The maximum atomic E-state index is 14.8. The Morgan fingerprint density at radius 2 is 1.85 bits per heavy atom. The minimum absolute atomic E-state index is 0.0227. The molecule has 0 radical (unpaired) electrons. The number of carbonyl (C=O) groups excluding carboxylic acids is 2. The Morgan fingerprint density at radius 3 is 2.45 bits per heavy atom. The molecule has 2 heterocycles. The van der Waals surface area contributed by atoms with Gasteiger partial charge in [-0.25, -0.2) is 19.0 Å². The maximum absolute atomic E-state index is 14.8. The standard InChI is InChI=1S/C18H15F5N8O2/c1-8(25-17(33)28-27-16(32)18(21,22)23)14-12(20)6-9(7-24-14)10-4-3-5-11(19)13(10)15-26-30-31(2)29-15/h3-8H,1-2H3,(H,27,32)(H2,25,28,33)/t8-/m1/s1. The quantitative estimate of drug-likeness (QED) is 0.396. The summed E-state index contributed by atoms with van der Waals surface area (Å²) in [5.74, 6) is -3.97. The van der Waals surface area contributed by atoms with E-state index in [1.54, 1.807) is 0 Å². The van der Waals surface area contributed by atoms with E-state index in [4.69, 9.17) is 0 Å². The van der Waals surface area contributed by atoms with E-state index in [-0.39, 0.29) is 28.2 Å². The van der Waals surface area contributed by atoms with Crippen molar-refractivity contribution < 1.29 is 31.5 Å². The van der Waals surface area contributed by atoms with E-state index < -0.39 is 35.8 Å². The van der Waals surface area contributed by atoms with Gasteiger partial charge in [-0.05, 0) is 29.8 Å². The lowest BCUT2D eigenvalue weighted by Crippen LogP contribution is -2.51. The van der Waals surface area contributed by atoms with Crippen LogP contribution in [0, 0.1) is 11.6 Å². The van der Waals surface area contributed by atoms with Gasteiger partial charge in [0.1, 0.15) is 11.6 Å². The molecule has 0 aliphatic heterocycles. The van der Waals surface area contributed by atoms with Gasteiger partial charge in [0.2, 0.25) is 5.82 Å². The third-order valence-electron chi connectivity index (χ3n) is 4.23. The summed E-state index contributed by atoms with van der Waals surface area (Å²) in [6.07, 6.45) is -3.98. The third-order valence-corrected chi connectivity index (χ3v) is 4.23. The molecule has 3 aromatic rings. The number of urea groups is 1. The van der Waals surface area contributed by atoms with Crippen LogP contribution in [0.1, 0.15) is 18.7 Å². The van der Waals surface area contributed by atoms with E-state index in [0.717, 1.165) is 16.3 Å². The number of carbonyl (C=O) groups is 2. The van der Waals surface area contributed by atoms with Crippen LogP contribution < -0.4 is 16.2 Å². The van der Waals surface area contributed by atoms with E-state index in [2.05, 4.69) is 25.7 Å². The number of rotatable bonds is 4. The Morgan fingerprint density at radius 1 is 1.12 bits per heavy atom. The number of nitrogens with one attached hydrogen (secondary N) is 3. The topological polar surface area (TPSA) is 127 Å². The van der Waals surface area contributed by atoms with Gasteiger partial charge in [0.15, 0.2) is 0 Å². The molecule has 0 aliphatic carbocycles. The van der Waals surface area contributed by atoms with Gasteiger partial charge in [-0.3, -0.25) is 15.2 Å². The van der Waals surface area contributed by atoms with Crippen LogP contribution in [-0.2, 0) is 11.8 Å². The van der Waals surface area contributed by atoms with Gasteiger partial charge in [0, 0.05) is 11.8 Å². The van der Waals surface area contributed by atoms with Crippen molar-refractivity contribution in [2.45, 2.75) is 19.1 Å². The number of tetrazole rings is 1. The number of nitrogens with zero attached hydrogens (tertiary/aromatic N) is 5. The van der Waals surface area contributed by atoms with Gasteiger partial charge in [-0.1, -0.05) is 12.1 Å².